The van der Waals surface area contributed by atoms with Gasteiger partial charge in [-0.15, -0.1) is 53.6 Å². The first-order valence-electron chi connectivity index (χ1n) is 24.7. The van der Waals surface area contributed by atoms with Crippen molar-refractivity contribution in [1.82, 2.24) is 19.1 Å². The Hall–Kier alpha value is -6.17. The van der Waals surface area contributed by atoms with Crippen molar-refractivity contribution >= 4 is 64.3 Å². The van der Waals surface area contributed by atoms with Gasteiger partial charge in [-0.3, -0.25) is 9.97 Å². The maximum atomic E-state index is 8.42. The number of hydrogen-bond donors (Lipinski definition) is 0. The van der Waals surface area contributed by atoms with Gasteiger partial charge in [-0.1, -0.05) is 158 Å². The average molecular weight is 1070 g/mol. The summed E-state index contributed by atoms with van der Waals surface area (Å²) in [6.07, 6.45) is 0. The number of imidazole rings is 2. The second-order valence-electron chi connectivity index (χ2n) is 18.6. The minimum Gasteiger partial charge on any atom is -0.333 e. The van der Waals surface area contributed by atoms with E-state index in [1.165, 1.54) is 27.9 Å². The molecular weight excluding hydrogens is 1010 g/mol. The molecule has 0 aliphatic heterocycles. The van der Waals surface area contributed by atoms with Gasteiger partial charge in [-0.2, -0.15) is 11.3 Å². The molecule has 0 spiro atoms. The molecule has 11 rings (SSSR count). The van der Waals surface area contributed by atoms with Crippen LogP contribution in [0.25, 0.3) is 87.2 Å². The first kappa shape index (κ1) is 42.2. The van der Waals surface area contributed by atoms with Crippen LogP contribution in [0, 0.1) is 19.0 Å². The van der Waals surface area contributed by atoms with Gasteiger partial charge >= 0.3 is 0 Å². The van der Waals surface area contributed by atoms with E-state index in [1.807, 2.05) is 42.5 Å². The third kappa shape index (κ3) is 8.24. The second-order valence-corrected chi connectivity index (χ2v) is 19.6. The van der Waals surface area contributed by atoms with Gasteiger partial charge in [0, 0.05) is 40.3 Å². The van der Waals surface area contributed by atoms with E-state index in [4.69, 9.17) is 14.1 Å². The summed E-state index contributed by atoms with van der Waals surface area (Å²) in [6, 6.07) is 59.0. The largest absolute Gasteiger partial charge is 0.333 e. The van der Waals surface area contributed by atoms with Crippen LogP contribution in [-0.4, -0.2) is 19.1 Å². The van der Waals surface area contributed by atoms with E-state index in [2.05, 4.69) is 180 Å². The molecule has 11 aromatic rings. The molecule has 6 heteroatoms. The molecule has 0 aliphatic rings. The molecule has 0 N–H and O–H groups in total. The summed E-state index contributed by atoms with van der Waals surface area (Å²) in [5, 5.41) is 3.96. The van der Waals surface area contributed by atoms with E-state index in [-0.39, 0.29) is 20.1 Å². The Bertz CT molecular complexity index is 3640. The van der Waals surface area contributed by atoms with E-state index in [1.54, 1.807) is 17.4 Å². The van der Waals surface area contributed by atoms with Crippen molar-refractivity contribution in [2.75, 3.05) is 0 Å². The molecule has 0 saturated heterocycles. The number of benzene rings is 8. The quantitative estimate of drug-likeness (QED) is 0.142. The molecule has 0 aliphatic carbocycles. The van der Waals surface area contributed by atoms with E-state index in [0.29, 0.717) is 29.2 Å². The van der Waals surface area contributed by atoms with Crippen LogP contribution in [0.3, 0.4) is 0 Å². The first-order chi connectivity index (χ1) is 33.2. The van der Waals surface area contributed by atoms with Crippen LogP contribution in [0.15, 0.2) is 152 Å². The van der Waals surface area contributed by atoms with Gasteiger partial charge in [0.1, 0.15) is 0 Å². The SMILES string of the molecule is CC(C)c1cccc(C(C)C)c1-n1c(-c2[c-]cccc2)nc2ccccc21.[2H]C([2H])([2H])c1c[c-]c(-c2nc3ccccc3n2-c2c(C(C)C)cccc2C(C)C)c2sc3cc4ccccc4cc3c12.[Ir]. The molecule has 0 atom stereocenters. The summed E-state index contributed by atoms with van der Waals surface area (Å²) in [6.45, 7) is 15.7. The molecule has 0 unspecified atom stereocenters. The number of aryl methyl sites for hydroxylation is 1. The van der Waals surface area contributed by atoms with E-state index >= 15 is 0 Å². The molecule has 337 valence electrons. The van der Waals surface area contributed by atoms with Crippen molar-refractivity contribution in [2.24, 2.45) is 0 Å². The smallest absolute Gasteiger partial charge is 0.0774 e. The fraction of sp³-hybridized carbons (Fsp3) is 0.213. The Balaban J connectivity index is 0.000000188. The topological polar surface area (TPSA) is 35.6 Å². The molecule has 3 heterocycles. The van der Waals surface area contributed by atoms with E-state index in [0.717, 1.165) is 81.5 Å². The molecule has 4 nitrogen and oxygen atoms in total. The molecule has 67 heavy (non-hydrogen) atoms. The third-order valence-electron chi connectivity index (χ3n) is 12.8. The fourth-order valence-corrected chi connectivity index (χ4v) is 10.9. The second kappa shape index (κ2) is 18.8. The minimum absolute atomic E-state index is 0. The third-order valence-corrected chi connectivity index (χ3v) is 14.0. The molecule has 3 aromatic heterocycles. The molecular formula is C61H56IrN4S-2. The van der Waals surface area contributed by atoms with Crippen molar-refractivity contribution in [3.8, 4) is 34.2 Å². The maximum Gasteiger partial charge on any atom is 0.0774 e. The molecule has 0 saturated carbocycles. The van der Waals surface area contributed by atoms with E-state index < -0.39 is 6.85 Å². The average Bonchev–Trinajstić information content (AvgIpc) is 4.04. The zero-order valence-electron chi connectivity index (χ0n) is 42.3. The number of aromatic nitrogens is 4. The number of rotatable bonds is 8. The van der Waals surface area contributed by atoms with Gasteiger partial charge in [-0.25, -0.2) is 0 Å². The number of hydrogen-bond acceptors (Lipinski definition) is 3. The number of para-hydroxylation sites is 6. The summed E-state index contributed by atoms with van der Waals surface area (Å²) >= 11 is 1.63. The Morgan fingerprint density at radius 1 is 0.537 bits per heavy atom. The van der Waals surface area contributed by atoms with Gasteiger partial charge < -0.3 is 9.13 Å². The van der Waals surface area contributed by atoms with Crippen LogP contribution in [0.5, 0.6) is 0 Å². The number of nitrogens with zero attached hydrogens (tertiary/aromatic N) is 4. The fourth-order valence-electron chi connectivity index (χ4n) is 9.60. The Labute approximate surface area is 416 Å². The minimum atomic E-state index is -2.28. The van der Waals surface area contributed by atoms with Gasteiger partial charge in [0.2, 0.25) is 0 Å². The predicted octanol–water partition coefficient (Wildman–Crippen LogP) is 17.3. The van der Waals surface area contributed by atoms with Crippen LogP contribution in [-0.2, 0) is 20.1 Å². The summed E-state index contributed by atoms with van der Waals surface area (Å²) in [4.78, 5) is 10.2. The molecule has 0 amide bonds. The predicted molar refractivity (Wildman–Crippen MR) is 282 cm³/mol. The zero-order valence-corrected chi connectivity index (χ0v) is 42.5. The van der Waals surface area contributed by atoms with Crippen LogP contribution in [0.1, 0.15) is 111 Å². The Morgan fingerprint density at radius 2 is 1.03 bits per heavy atom. The summed E-state index contributed by atoms with van der Waals surface area (Å²) in [5.74, 6) is 3.17. The summed E-state index contributed by atoms with van der Waals surface area (Å²) in [5.41, 5.74) is 13.9. The van der Waals surface area contributed by atoms with Crippen molar-refractivity contribution in [3.05, 3.63) is 192 Å². The van der Waals surface area contributed by atoms with Crippen molar-refractivity contribution in [1.29, 1.82) is 0 Å². The van der Waals surface area contributed by atoms with Gasteiger partial charge in [0.15, 0.2) is 0 Å². The monoisotopic (exact) mass is 1070 g/mol. The van der Waals surface area contributed by atoms with Gasteiger partial charge in [-0.05, 0) is 103 Å². The van der Waals surface area contributed by atoms with Crippen LogP contribution in [0.2, 0.25) is 0 Å². The van der Waals surface area contributed by atoms with Crippen molar-refractivity contribution in [2.45, 2.75) is 85.9 Å². The van der Waals surface area contributed by atoms with Crippen molar-refractivity contribution in [3.63, 3.8) is 0 Å². The number of fused-ring (bicyclic) bond motifs is 6. The standard InChI is InChI=1S/C36H31N2S.C25H25N2.Ir/c1-21(2)26-13-10-14-27(22(3)4)34(26)38-31-16-9-8-15-30(31)37-36(38)28-18-17-23(5)33-29-19-24-11-6-7-12-25(24)20-32(29)39-35(28)33;1-17(2)20-13-10-14-21(18(3)4)24(20)27-23-16-9-8-15-22(23)26-25(27)19-11-6-5-7-12-19;/h6-17,19-22H,1-5H3;5-11,13-18H,1-4H3;/q2*-1;/i5D3;;. The molecule has 1 radical (unpaired) electrons. The normalized spacial score (nSPS) is 12.6. The van der Waals surface area contributed by atoms with Crippen molar-refractivity contribution < 1.29 is 24.2 Å². The van der Waals surface area contributed by atoms with E-state index in [9.17, 15) is 0 Å². The number of thiophene rings is 1. The Kier molecular flexibility index (Phi) is 11.9. The maximum absolute atomic E-state index is 8.42. The van der Waals surface area contributed by atoms with Gasteiger partial charge in [0.05, 0.1) is 33.7 Å². The van der Waals surface area contributed by atoms with Crippen LogP contribution >= 0.6 is 11.3 Å². The van der Waals surface area contributed by atoms with Crippen LogP contribution < -0.4 is 0 Å². The molecule has 0 bridgehead atoms. The molecule has 0 fully saturated rings. The van der Waals surface area contributed by atoms with Crippen LogP contribution in [0.4, 0.5) is 0 Å². The summed E-state index contributed by atoms with van der Waals surface area (Å²) in [7, 11) is 0. The Morgan fingerprint density at radius 3 is 1.55 bits per heavy atom. The van der Waals surface area contributed by atoms with Gasteiger partial charge in [0.25, 0.3) is 0 Å². The zero-order chi connectivity index (χ0) is 48.3. The molecule has 8 aromatic carbocycles. The first-order valence-corrected chi connectivity index (χ1v) is 24.0. The summed E-state index contributed by atoms with van der Waals surface area (Å²) < 4.78 is 31.8.